The number of likely N-dealkylation sites (N-methyl/N-ethyl adjacent to an activating group) is 1. The quantitative estimate of drug-likeness (QED) is 0.841. The van der Waals surface area contributed by atoms with E-state index in [1.165, 1.54) is 36.0 Å². The van der Waals surface area contributed by atoms with Crippen LogP contribution in [0, 0.1) is 13.8 Å². The van der Waals surface area contributed by atoms with Gasteiger partial charge in [0, 0.05) is 0 Å². The van der Waals surface area contributed by atoms with Crippen LogP contribution in [0.2, 0.25) is 0 Å². The smallest absolute Gasteiger partial charge is 0.122 e. The monoisotopic (exact) mass is 233 g/mol. The molecule has 0 bridgehead atoms. The first kappa shape index (κ1) is 12.4. The van der Waals surface area contributed by atoms with Crippen LogP contribution in [0.3, 0.4) is 0 Å². The third-order valence-corrected chi connectivity index (χ3v) is 4.09. The minimum atomic E-state index is 0.540. The molecule has 2 rings (SSSR count). The van der Waals surface area contributed by atoms with Crippen LogP contribution in [-0.2, 0) is 19.3 Å². The molecule has 1 aliphatic rings. The Balaban J connectivity index is 2.49. The van der Waals surface area contributed by atoms with Crippen LogP contribution in [0.25, 0.3) is 0 Å². The van der Waals surface area contributed by atoms with Crippen molar-refractivity contribution in [3.63, 3.8) is 0 Å². The molecule has 94 valence electrons. The fourth-order valence-corrected chi connectivity index (χ4v) is 3.02. The summed E-state index contributed by atoms with van der Waals surface area (Å²) in [4.78, 5) is 0. The predicted octanol–water partition coefficient (Wildman–Crippen LogP) is 2.65. The van der Waals surface area contributed by atoms with E-state index >= 15 is 0 Å². The van der Waals surface area contributed by atoms with E-state index in [1.54, 1.807) is 0 Å². The zero-order valence-electron chi connectivity index (χ0n) is 11.2. The van der Waals surface area contributed by atoms with Crippen LogP contribution in [0.15, 0.2) is 0 Å². The van der Waals surface area contributed by atoms with Gasteiger partial charge in [-0.2, -0.15) is 0 Å². The Morgan fingerprint density at radius 1 is 1.06 bits per heavy atom. The van der Waals surface area contributed by atoms with Crippen molar-refractivity contribution in [2.24, 2.45) is 0 Å². The van der Waals surface area contributed by atoms with E-state index in [0.29, 0.717) is 5.75 Å². The lowest BCUT2D eigenvalue weighted by molar-refractivity contribution is 0.459. The molecule has 0 atom stereocenters. The predicted molar refractivity (Wildman–Crippen MR) is 71.9 cm³/mol. The Morgan fingerprint density at radius 3 is 2.24 bits per heavy atom. The first-order valence-corrected chi connectivity index (χ1v) is 6.64. The van der Waals surface area contributed by atoms with Gasteiger partial charge < -0.3 is 10.4 Å². The number of aromatic hydroxyl groups is 1. The van der Waals surface area contributed by atoms with Crippen LogP contribution in [0.1, 0.15) is 40.7 Å². The summed E-state index contributed by atoms with van der Waals surface area (Å²) in [6.07, 6.45) is 5.81. The van der Waals surface area contributed by atoms with Gasteiger partial charge in [-0.15, -0.1) is 0 Å². The number of nitrogens with one attached hydrogen (secondary N) is 1. The molecule has 17 heavy (non-hydrogen) atoms. The van der Waals surface area contributed by atoms with Crippen LogP contribution in [0.5, 0.6) is 5.75 Å². The SMILES string of the molecule is CNCCc1c(C)c2c(c(C)c1O)CCCC2. The average Bonchev–Trinajstić information content (AvgIpc) is 2.36. The number of hydrogen-bond donors (Lipinski definition) is 2. The number of hydrogen-bond acceptors (Lipinski definition) is 2. The highest BCUT2D eigenvalue weighted by Gasteiger charge is 2.20. The zero-order chi connectivity index (χ0) is 12.4. The maximum absolute atomic E-state index is 10.3. The van der Waals surface area contributed by atoms with E-state index in [0.717, 1.165) is 30.5 Å². The molecule has 0 spiro atoms. The van der Waals surface area contributed by atoms with E-state index < -0.39 is 0 Å². The number of phenols is 1. The largest absolute Gasteiger partial charge is 0.507 e. The van der Waals surface area contributed by atoms with E-state index in [-0.39, 0.29) is 0 Å². The molecule has 0 radical (unpaired) electrons. The van der Waals surface area contributed by atoms with Crippen LogP contribution in [0.4, 0.5) is 0 Å². The van der Waals surface area contributed by atoms with Gasteiger partial charge in [0.25, 0.3) is 0 Å². The van der Waals surface area contributed by atoms with Gasteiger partial charge in [0.05, 0.1) is 0 Å². The number of rotatable bonds is 3. The highest BCUT2D eigenvalue weighted by Crippen LogP contribution is 2.36. The first-order valence-electron chi connectivity index (χ1n) is 6.64. The number of benzene rings is 1. The van der Waals surface area contributed by atoms with Crippen molar-refractivity contribution in [2.45, 2.75) is 46.0 Å². The summed E-state index contributed by atoms with van der Waals surface area (Å²) in [5.41, 5.74) is 6.53. The van der Waals surface area contributed by atoms with Gasteiger partial charge >= 0.3 is 0 Å². The lowest BCUT2D eigenvalue weighted by atomic mass is 9.82. The van der Waals surface area contributed by atoms with Crippen molar-refractivity contribution in [3.05, 3.63) is 27.8 Å². The zero-order valence-corrected chi connectivity index (χ0v) is 11.2. The van der Waals surface area contributed by atoms with Crippen LogP contribution < -0.4 is 5.32 Å². The summed E-state index contributed by atoms with van der Waals surface area (Å²) in [6.45, 7) is 5.17. The van der Waals surface area contributed by atoms with Crippen molar-refractivity contribution < 1.29 is 5.11 Å². The molecule has 1 aromatic carbocycles. The van der Waals surface area contributed by atoms with Crippen molar-refractivity contribution >= 4 is 0 Å². The Labute approximate surface area is 104 Å². The van der Waals surface area contributed by atoms with Gasteiger partial charge in [0.2, 0.25) is 0 Å². The normalized spacial score (nSPS) is 14.8. The summed E-state index contributed by atoms with van der Waals surface area (Å²) < 4.78 is 0. The Hall–Kier alpha value is -1.02. The standard InChI is InChI=1S/C15H23NO/c1-10-12-6-4-5-7-13(12)11(2)15(17)14(10)8-9-16-3/h16-17H,4-9H2,1-3H3. The van der Waals surface area contributed by atoms with Gasteiger partial charge in [0.15, 0.2) is 0 Å². The van der Waals surface area contributed by atoms with E-state index in [4.69, 9.17) is 0 Å². The van der Waals surface area contributed by atoms with E-state index in [9.17, 15) is 5.11 Å². The van der Waals surface area contributed by atoms with Crippen LogP contribution >= 0.6 is 0 Å². The molecule has 0 unspecified atom stereocenters. The second-order valence-corrected chi connectivity index (χ2v) is 5.09. The molecule has 0 saturated heterocycles. The van der Waals surface area contributed by atoms with Crippen molar-refractivity contribution in [2.75, 3.05) is 13.6 Å². The molecule has 2 nitrogen and oxygen atoms in total. The van der Waals surface area contributed by atoms with Gasteiger partial charge in [-0.3, -0.25) is 0 Å². The summed E-state index contributed by atoms with van der Waals surface area (Å²) in [6, 6.07) is 0. The third-order valence-electron chi connectivity index (χ3n) is 4.09. The van der Waals surface area contributed by atoms with Crippen molar-refractivity contribution in [1.29, 1.82) is 0 Å². The molecule has 0 aliphatic heterocycles. The maximum atomic E-state index is 10.3. The van der Waals surface area contributed by atoms with Gasteiger partial charge in [-0.1, -0.05) is 0 Å². The van der Waals surface area contributed by atoms with Crippen LogP contribution in [-0.4, -0.2) is 18.7 Å². The minimum Gasteiger partial charge on any atom is -0.507 e. The fourth-order valence-electron chi connectivity index (χ4n) is 3.02. The fraction of sp³-hybridized carbons (Fsp3) is 0.600. The molecule has 1 aromatic rings. The van der Waals surface area contributed by atoms with E-state index in [2.05, 4.69) is 19.2 Å². The molecule has 0 aromatic heterocycles. The second-order valence-electron chi connectivity index (χ2n) is 5.09. The second kappa shape index (κ2) is 5.09. The molecule has 0 fully saturated rings. The number of fused-ring (bicyclic) bond motifs is 1. The summed E-state index contributed by atoms with van der Waals surface area (Å²) in [5, 5.41) is 13.5. The molecule has 2 heteroatoms. The summed E-state index contributed by atoms with van der Waals surface area (Å²) in [5.74, 6) is 0.540. The molecular formula is C15H23NO. The molecule has 1 aliphatic carbocycles. The maximum Gasteiger partial charge on any atom is 0.122 e. The molecule has 0 amide bonds. The summed E-state index contributed by atoms with van der Waals surface area (Å²) >= 11 is 0. The lowest BCUT2D eigenvalue weighted by Crippen LogP contribution is -2.14. The number of phenolic OH excluding ortho intramolecular Hbond substituents is 1. The Kier molecular flexibility index (Phi) is 3.72. The van der Waals surface area contributed by atoms with Crippen molar-refractivity contribution in [3.8, 4) is 5.75 Å². The molecule has 0 saturated carbocycles. The van der Waals surface area contributed by atoms with Crippen molar-refractivity contribution in [1.82, 2.24) is 5.32 Å². The first-order chi connectivity index (χ1) is 8.16. The minimum absolute atomic E-state index is 0.540. The molecular weight excluding hydrogens is 210 g/mol. The Bertz CT molecular complexity index is 424. The average molecular weight is 233 g/mol. The summed E-state index contributed by atoms with van der Waals surface area (Å²) in [7, 11) is 1.96. The van der Waals surface area contributed by atoms with Gasteiger partial charge in [-0.05, 0) is 87.4 Å². The topological polar surface area (TPSA) is 32.3 Å². The lowest BCUT2D eigenvalue weighted by Gasteiger charge is -2.24. The highest BCUT2D eigenvalue weighted by atomic mass is 16.3. The third kappa shape index (κ3) is 2.19. The van der Waals surface area contributed by atoms with E-state index in [1.807, 2.05) is 7.05 Å². The van der Waals surface area contributed by atoms with Gasteiger partial charge in [-0.25, -0.2) is 0 Å². The van der Waals surface area contributed by atoms with Gasteiger partial charge in [0.1, 0.15) is 5.75 Å². The molecule has 0 heterocycles. The Morgan fingerprint density at radius 2 is 1.65 bits per heavy atom. The highest BCUT2D eigenvalue weighted by molar-refractivity contribution is 5.55. The molecule has 2 N–H and O–H groups in total.